The highest BCUT2D eigenvalue weighted by Gasteiger charge is 2.33. The Hall–Kier alpha value is -0.810. The average molecular weight is 360 g/mol. The van der Waals surface area contributed by atoms with Crippen LogP contribution in [0.15, 0.2) is 0 Å². The summed E-state index contributed by atoms with van der Waals surface area (Å²) in [4.78, 5) is 27.1. The number of carbonyl (C=O) groups excluding carboxylic acids is 2. The van der Waals surface area contributed by atoms with E-state index in [4.69, 9.17) is 5.73 Å². The van der Waals surface area contributed by atoms with Crippen LogP contribution in [0.5, 0.6) is 0 Å². The van der Waals surface area contributed by atoms with Crippen molar-refractivity contribution in [1.82, 2.24) is 10.2 Å². The molecule has 0 bridgehead atoms. The molecule has 2 amide bonds. The number of nitrogens with one attached hydrogen (secondary N) is 1. The van der Waals surface area contributed by atoms with Crippen LogP contribution in [0.1, 0.15) is 65.2 Å². The maximum atomic E-state index is 12.7. The molecule has 24 heavy (non-hydrogen) atoms. The molecule has 0 spiro atoms. The van der Waals surface area contributed by atoms with Crippen molar-refractivity contribution in [2.24, 2.45) is 17.6 Å². The van der Waals surface area contributed by atoms with Gasteiger partial charge in [-0.2, -0.15) is 0 Å². The monoisotopic (exact) mass is 359 g/mol. The van der Waals surface area contributed by atoms with Gasteiger partial charge in [-0.3, -0.25) is 9.59 Å². The number of hydrogen-bond acceptors (Lipinski definition) is 3. The molecule has 2 fully saturated rings. The molecule has 0 radical (unpaired) electrons. The van der Waals surface area contributed by atoms with Crippen molar-refractivity contribution in [3.63, 3.8) is 0 Å². The Bertz CT molecular complexity index is 419. The molecule has 0 aromatic carbocycles. The van der Waals surface area contributed by atoms with Gasteiger partial charge in [0, 0.05) is 31.1 Å². The Morgan fingerprint density at radius 2 is 1.92 bits per heavy atom. The van der Waals surface area contributed by atoms with E-state index in [2.05, 4.69) is 19.2 Å². The summed E-state index contributed by atoms with van der Waals surface area (Å²) in [5, 5.41) is 3.10. The van der Waals surface area contributed by atoms with Crippen LogP contribution in [0, 0.1) is 11.8 Å². The van der Waals surface area contributed by atoms with Gasteiger partial charge in [0.2, 0.25) is 11.8 Å². The molecule has 1 aliphatic carbocycles. The Balaban J connectivity index is 0.00000288. The van der Waals surface area contributed by atoms with Crippen molar-refractivity contribution < 1.29 is 9.59 Å². The molecule has 4 atom stereocenters. The SMILES string of the molecule is CCCC(C)NC(=O)C1CCCN(C(=O)C2CCCC(N)C2)C1.Cl. The molecule has 140 valence electrons. The number of amides is 2. The lowest BCUT2D eigenvalue weighted by atomic mass is 9.84. The number of halogens is 1. The van der Waals surface area contributed by atoms with Crippen molar-refractivity contribution in [3.8, 4) is 0 Å². The van der Waals surface area contributed by atoms with Crippen molar-refractivity contribution in [3.05, 3.63) is 0 Å². The standard InChI is InChI=1S/C18H33N3O2.ClH/c1-3-6-13(2)20-17(22)15-8-5-10-21(12-15)18(23)14-7-4-9-16(19)11-14;/h13-16H,3-12,19H2,1-2H3,(H,20,22);1H. The molecular formula is C18H34ClN3O2. The number of likely N-dealkylation sites (tertiary alicyclic amines) is 1. The fraction of sp³-hybridized carbons (Fsp3) is 0.889. The number of nitrogens with two attached hydrogens (primary N) is 1. The molecule has 2 rings (SSSR count). The molecule has 1 saturated heterocycles. The summed E-state index contributed by atoms with van der Waals surface area (Å²) in [6.07, 6.45) is 7.71. The Morgan fingerprint density at radius 1 is 1.21 bits per heavy atom. The molecule has 1 saturated carbocycles. The van der Waals surface area contributed by atoms with Crippen LogP contribution in [-0.2, 0) is 9.59 Å². The van der Waals surface area contributed by atoms with Gasteiger partial charge in [0.15, 0.2) is 0 Å². The van der Waals surface area contributed by atoms with E-state index in [0.29, 0.717) is 6.54 Å². The molecule has 1 heterocycles. The predicted molar refractivity (Wildman–Crippen MR) is 99.0 cm³/mol. The minimum absolute atomic E-state index is 0. The van der Waals surface area contributed by atoms with Crippen LogP contribution < -0.4 is 11.1 Å². The van der Waals surface area contributed by atoms with Crippen molar-refractivity contribution in [2.45, 2.75) is 77.3 Å². The first kappa shape index (κ1) is 21.2. The molecule has 0 aromatic rings. The van der Waals surface area contributed by atoms with Gasteiger partial charge < -0.3 is 16.0 Å². The fourth-order valence-electron chi connectivity index (χ4n) is 3.97. The topological polar surface area (TPSA) is 75.4 Å². The number of rotatable bonds is 5. The van der Waals surface area contributed by atoms with E-state index in [-0.39, 0.29) is 48.1 Å². The smallest absolute Gasteiger partial charge is 0.225 e. The first-order chi connectivity index (χ1) is 11.0. The molecular weight excluding hydrogens is 326 g/mol. The first-order valence-electron chi connectivity index (χ1n) is 9.36. The van der Waals surface area contributed by atoms with Gasteiger partial charge in [-0.1, -0.05) is 19.8 Å². The number of piperidine rings is 1. The van der Waals surface area contributed by atoms with Crippen molar-refractivity contribution in [1.29, 1.82) is 0 Å². The fourth-order valence-corrected chi connectivity index (χ4v) is 3.97. The second kappa shape index (κ2) is 10.2. The van der Waals surface area contributed by atoms with Crippen molar-refractivity contribution in [2.75, 3.05) is 13.1 Å². The highest BCUT2D eigenvalue weighted by molar-refractivity contribution is 5.85. The normalized spacial score (nSPS) is 28.6. The number of carbonyl (C=O) groups is 2. The van der Waals surface area contributed by atoms with Crippen LogP contribution >= 0.6 is 12.4 Å². The minimum Gasteiger partial charge on any atom is -0.353 e. The number of hydrogen-bond donors (Lipinski definition) is 2. The lowest BCUT2D eigenvalue weighted by molar-refractivity contribution is -0.140. The van der Waals surface area contributed by atoms with Crippen LogP contribution in [0.3, 0.4) is 0 Å². The first-order valence-corrected chi connectivity index (χ1v) is 9.36. The zero-order valence-corrected chi connectivity index (χ0v) is 15.9. The zero-order chi connectivity index (χ0) is 16.8. The summed E-state index contributed by atoms with van der Waals surface area (Å²) in [7, 11) is 0. The van der Waals surface area contributed by atoms with Gasteiger partial charge in [-0.15, -0.1) is 12.4 Å². The molecule has 1 aliphatic heterocycles. The summed E-state index contributed by atoms with van der Waals surface area (Å²) in [5.41, 5.74) is 6.02. The van der Waals surface area contributed by atoms with Crippen LogP contribution in [0.25, 0.3) is 0 Å². The molecule has 2 aliphatic rings. The van der Waals surface area contributed by atoms with Gasteiger partial charge in [0.1, 0.15) is 0 Å². The van der Waals surface area contributed by atoms with E-state index in [1.54, 1.807) is 0 Å². The average Bonchev–Trinajstić information content (AvgIpc) is 2.54. The van der Waals surface area contributed by atoms with Gasteiger partial charge in [0.25, 0.3) is 0 Å². The largest absolute Gasteiger partial charge is 0.353 e. The van der Waals surface area contributed by atoms with E-state index in [9.17, 15) is 9.59 Å². The lowest BCUT2D eigenvalue weighted by Crippen LogP contribution is -2.49. The zero-order valence-electron chi connectivity index (χ0n) is 15.1. The van der Waals surface area contributed by atoms with Crippen LogP contribution in [0.2, 0.25) is 0 Å². The third-order valence-corrected chi connectivity index (χ3v) is 5.28. The highest BCUT2D eigenvalue weighted by atomic mass is 35.5. The molecule has 6 heteroatoms. The minimum atomic E-state index is -0.0516. The van der Waals surface area contributed by atoms with E-state index < -0.39 is 0 Å². The quantitative estimate of drug-likeness (QED) is 0.791. The van der Waals surface area contributed by atoms with E-state index in [0.717, 1.165) is 57.9 Å². The maximum Gasteiger partial charge on any atom is 0.225 e. The summed E-state index contributed by atoms with van der Waals surface area (Å²) >= 11 is 0. The van der Waals surface area contributed by atoms with E-state index in [1.807, 2.05) is 4.90 Å². The van der Waals surface area contributed by atoms with Gasteiger partial charge in [-0.05, 0) is 45.4 Å². The van der Waals surface area contributed by atoms with Gasteiger partial charge >= 0.3 is 0 Å². The second-order valence-electron chi connectivity index (χ2n) is 7.45. The Labute approximate surface area is 152 Å². The third-order valence-electron chi connectivity index (χ3n) is 5.28. The molecule has 4 unspecified atom stereocenters. The van der Waals surface area contributed by atoms with Crippen molar-refractivity contribution >= 4 is 24.2 Å². The summed E-state index contributed by atoms with van der Waals surface area (Å²) in [5.74, 6) is 0.354. The lowest BCUT2D eigenvalue weighted by Gasteiger charge is -2.36. The van der Waals surface area contributed by atoms with Crippen LogP contribution in [0.4, 0.5) is 0 Å². The molecule has 3 N–H and O–H groups in total. The van der Waals surface area contributed by atoms with E-state index in [1.165, 1.54) is 0 Å². The summed E-state index contributed by atoms with van der Waals surface area (Å²) < 4.78 is 0. The molecule has 0 aromatic heterocycles. The van der Waals surface area contributed by atoms with Gasteiger partial charge in [-0.25, -0.2) is 0 Å². The van der Waals surface area contributed by atoms with Gasteiger partial charge in [0.05, 0.1) is 5.92 Å². The van der Waals surface area contributed by atoms with Crippen LogP contribution in [-0.4, -0.2) is 41.9 Å². The summed E-state index contributed by atoms with van der Waals surface area (Å²) in [6.45, 7) is 5.54. The molecule has 5 nitrogen and oxygen atoms in total. The third kappa shape index (κ3) is 5.92. The predicted octanol–water partition coefficient (Wildman–Crippen LogP) is 2.47. The maximum absolute atomic E-state index is 12.7. The summed E-state index contributed by atoms with van der Waals surface area (Å²) in [6, 6.07) is 0.381. The number of nitrogens with zero attached hydrogens (tertiary/aromatic N) is 1. The highest BCUT2D eigenvalue weighted by Crippen LogP contribution is 2.27. The second-order valence-corrected chi connectivity index (χ2v) is 7.45. The van der Waals surface area contributed by atoms with E-state index >= 15 is 0 Å². The Morgan fingerprint density at radius 3 is 2.58 bits per heavy atom. The Kier molecular flexibility index (Phi) is 9.06.